The molecule has 0 unspecified atom stereocenters. The summed E-state index contributed by atoms with van der Waals surface area (Å²) in [5.41, 5.74) is 3.28. The zero-order valence-electron chi connectivity index (χ0n) is 19.2. The minimum Gasteiger partial charge on any atom is -0.487 e. The van der Waals surface area contributed by atoms with Crippen LogP contribution in [0.15, 0.2) is 102 Å². The van der Waals surface area contributed by atoms with Crippen LogP contribution in [0.25, 0.3) is 5.65 Å². The van der Waals surface area contributed by atoms with Gasteiger partial charge in [-0.05, 0) is 66.7 Å². The van der Waals surface area contributed by atoms with Crippen LogP contribution in [0.5, 0.6) is 5.75 Å². The highest BCUT2D eigenvalue weighted by Gasteiger charge is 2.09. The zero-order chi connectivity index (χ0) is 24.7. The summed E-state index contributed by atoms with van der Waals surface area (Å²) in [5.74, 6) is 0.956. The van der Waals surface area contributed by atoms with Crippen molar-refractivity contribution in [2.45, 2.75) is 13.2 Å². The second kappa shape index (κ2) is 10.5. The predicted molar refractivity (Wildman–Crippen MR) is 135 cm³/mol. The number of furan rings is 1. The Kier molecular flexibility index (Phi) is 6.61. The standard InChI is InChI=1S/C27H23N5O4/c33-26(30-20-9-11-21(12-10-20)31-27(34)28-16-24-7-4-14-35-24)19-5-3-6-23(15-19)36-18-22-17-32-13-2-1-8-25(32)29-22/h1-15,17H,16,18H2,(H,30,33)(H2,28,31,34). The number of fused-ring (bicyclic) bond motifs is 1. The number of benzene rings is 2. The molecule has 5 rings (SSSR count). The van der Waals surface area contributed by atoms with Crippen molar-refractivity contribution in [1.29, 1.82) is 0 Å². The van der Waals surface area contributed by atoms with Crippen molar-refractivity contribution in [2.24, 2.45) is 0 Å². The van der Waals surface area contributed by atoms with Crippen molar-refractivity contribution >= 4 is 29.0 Å². The van der Waals surface area contributed by atoms with Crippen molar-refractivity contribution in [2.75, 3.05) is 10.6 Å². The Bertz CT molecular complexity index is 1440. The van der Waals surface area contributed by atoms with Crippen molar-refractivity contribution in [1.82, 2.24) is 14.7 Å². The number of carbonyl (C=O) groups excluding carboxylic acids is 2. The molecule has 0 aliphatic heterocycles. The van der Waals surface area contributed by atoms with Crippen molar-refractivity contribution in [3.05, 3.63) is 115 Å². The van der Waals surface area contributed by atoms with Gasteiger partial charge in [-0.15, -0.1) is 0 Å². The Labute approximate surface area is 206 Å². The average molecular weight is 482 g/mol. The largest absolute Gasteiger partial charge is 0.487 e. The van der Waals surface area contributed by atoms with Crippen molar-refractivity contribution in [3.8, 4) is 5.75 Å². The molecule has 3 aromatic heterocycles. The lowest BCUT2D eigenvalue weighted by atomic mass is 10.2. The summed E-state index contributed by atoms with van der Waals surface area (Å²) < 4.78 is 13.0. The molecule has 0 bridgehead atoms. The lowest BCUT2D eigenvalue weighted by molar-refractivity contribution is 0.102. The predicted octanol–water partition coefficient (Wildman–Crippen LogP) is 5.08. The van der Waals surface area contributed by atoms with Crippen molar-refractivity contribution < 1.29 is 18.7 Å². The molecule has 0 atom stereocenters. The molecule has 3 amide bonds. The number of nitrogens with zero attached hydrogens (tertiary/aromatic N) is 2. The zero-order valence-corrected chi connectivity index (χ0v) is 19.2. The number of nitrogens with one attached hydrogen (secondary N) is 3. The van der Waals surface area contributed by atoms with Crippen LogP contribution in [-0.2, 0) is 13.2 Å². The number of imidazole rings is 1. The number of urea groups is 1. The van der Waals surface area contributed by atoms with Gasteiger partial charge in [-0.3, -0.25) is 4.79 Å². The molecule has 3 N–H and O–H groups in total. The fourth-order valence-electron chi connectivity index (χ4n) is 3.54. The molecular weight excluding hydrogens is 458 g/mol. The van der Waals surface area contributed by atoms with Crippen LogP contribution in [0.4, 0.5) is 16.2 Å². The van der Waals surface area contributed by atoms with Crippen LogP contribution >= 0.6 is 0 Å². The molecule has 0 spiro atoms. The summed E-state index contributed by atoms with van der Waals surface area (Å²) in [5, 5.41) is 8.29. The number of pyridine rings is 1. The van der Waals surface area contributed by atoms with Gasteiger partial charge < -0.3 is 29.5 Å². The molecule has 0 aliphatic carbocycles. The smallest absolute Gasteiger partial charge is 0.319 e. The highest BCUT2D eigenvalue weighted by Crippen LogP contribution is 2.18. The van der Waals surface area contributed by atoms with Crippen LogP contribution in [0.3, 0.4) is 0 Å². The SMILES string of the molecule is O=C(NCc1ccco1)Nc1ccc(NC(=O)c2cccc(OCc3cn4ccccc4n3)c2)cc1. The molecule has 180 valence electrons. The molecular formula is C27H23N5O4. The maximum Gasteiger partial charge on any atom is 0.319 e. The second-order valence-electron chi connectivity index (χ2n) is 7.93. The topological polar surface area (TPSA) is 110 Å². The van der Waals surface area contributed by atoms with Gasteiger partial charge in [0.15, 0.2) is 0 Å². The number of ether oxygens (including phenoxy) is 1. The lowest BCUT2D eigenvalue weighted by Gasteiger charge is -2.10. The first-order chi connectivity index (χ1) is 17.6. The summed E-state index contributed by atoms with van der Waals surface area (Å²) in [4.78, 5) is 29.3. The maximum atomic E-state index is 12.7. The normalized spacial score (nSPS) is 10.7. The molecule has 0 aliphatic rings. The first-order valence-corrected chi connectivity index (χ1v) is 11.3. The number of anilines is 2. The van der Waals surface area contributed by atoms with E-state index in [1.807, 2.05) is 35.0 Å². The van der Waals surface area contributed by atoms with Crippen LogP contribution in [0.1, 0.15) is 21.8 Å². The molecule has 0 saturated heterocycles. The first-order valence-electron chi connectivity index (χ1n) is 11.3. The fourth-order valence-corrected chi connectivity index (χ4v) is 3.54. The van der Waals surface area contributed by atoms with Crippen LogP contribution in [-0.4, -0.2) is 21.3 Å². The number of hydrogen-bond acceptors (Lipinski definition) is 5. The van der Waals surface area contributed by atoms with Gasteiger partial charge in [0.05, 0.1) is 18.5 Å². The molecule has 0 fully saturated rings. The molecule has 0 saturated carbocycles. The van der Waals surface area contributed by atoms with Gasteiger partial charge in [-0.2, -0.15) is 0 Å². The quantitative estimate of drug-likeness (QED) is 0.286. The molecule has 2 aromatic carbocycles. The molecule has 5 aromatic rings. The van der Waals surface area contributed by atoms with Gasteiger partial charge in [0.2, 0.25) is 0 Å². The van der Waals surface area contributed by atoms with E-state index in [4.69, 9.17) is 9.15 Å². The van der Waals surface area contributed by atoms with Crippen molar-refractivity contribution in [3.63, 3.8) is 0 Å². The van der Waals surface area contributed by atoms with E-state index >= 15 is 0 Å². The summed E-state index contributed by atoms with van der Waals surface area (Å²) in [6.07, 6.45) is 5.39. The van der Waals surface area contributed by atoms with E-state index in [1.54, 1.807) is 66.9 Å². The summed E-state index contributed by atoms with van der Waals surface area (Å²) >= 11 is 0. The third-order valence-electron chi connectivity index (χ3n) is 5.30. The first kappa shape index (κ1) is 22.7. The highest BCUT2D eigenvalue weighted by atomic mass is 16.5. The molecule has 0 radical (unpaired) electrons. The van der Waals surface area contributed by atoms with Crippen LogP contribution < -0.4 is 20.7 Å². The van der Waals surface area contributed by atoms with E-state index in [9.17, 15) is 9.59 Å². The molecule has 9 heteroatoms. The number of amides is 3. The van der Waals surface area contributed by atoms with Gasteiger partial charge in [0.1, 0.15) is 23.8 Å². The number of aromatic nitrogens is 2. The number of hydrogen-bond donors (Lipinski definition) is 3. The average Bonchev–Trinajstić information content (AvgIpc) is 3.57. The fraction of sp³-hybridized carbons (Fsp3) is 0.0741. The third kappa shape index (κ3) is 5.71. The molecule has 36 heavy (non-hydrogen) atoms. The Balaban J connectivity index is 1.14. The van der Waals surface area contributed by atoms with Gasteiger partial charge >= 0.3 is 6.03 Å². The highest BCUT2D eigenvalue weighted by molar-refractivity contribution is 6.04. The van der Waals surface area contributed by atoms with Gasteiger partial charge in [0.25, 0.3) is 5.91 Å². The van der Waals surface area contributed by atoms with E-state index < -0.39 is 0 Å². The Morgan fingerprint density at radius 1 is 0.917 bits per heavy atom. The Morgan fingerprint density at radius 2 is 1.75 bits per heavy atom. The monoisotopic (exact) mass is 481 g/mol. The summed E-state index contributed by atoms with van der Waals surface area (Å²) in [7, 11) is 0. The second-order valence-corrected chi connectivity index (χ2v) is 7.93. The molecule has 9 nitrogen and oxygen atoms in total. The Morgan fingerprint density at radius 3 is 2.53 bits per heavy atom. The van der Waals surface area contributed by atoms with E-state index in [1.165, 1.54) is 0 Å². The maximum absolute atomic E-state index is 12.7. The number of rotatable bonds is 8. The van der Waals surface area contributed by atoms with E-state index in [0.717, 1.165) is 11.3 Å². The van der Waals surface area contributed by atoms with E-state index in [2.05, 4.69) is 20.9 Å². The van der Waals surface area contributed by atoms with E-state index in [0.29, 0.717) is 28.4 Å². The minimum atomic E-state index is -0.358. The third-order valence-corrected chi connectivity index (χ3v) is 5.30. The van der Waals surface area contributed by atoms with Gasteiger partial charge in [-0.1, -0.05) is 12.1 Å². The van der Waals surface area contributed by atoms with Gasteiger partial charge in [-0.25, -0.2) is 9.78 Å². The van der Waals surface area contributed by atoms with Crippen LogP contribution in [0.2, 0.25) is 0 Å². The molecule has 3 heterocycles. The minimum absolute atomic E-state index is 0.273. The lowest BCUT2D eigenvalue weighted by Crippen LogP contribution is -2.27. The van der Waals surface area contributed by atoms with E-state index in [-0.39, 0.29) is 25.1 Å². The van der Waals surface area contributed by atoms with Gasteiger partial charge in [0, 0.05) is 29.3 Å². The number of carbonyl (C=O) groups is 2. The van der Waals surface area contributed by atoms with Crippen LogP contribution in [0, 0.1) is 0 Å². The Hall–Kier alpha value is -5.05. The summed E-state index contributed by atoms with van der Waals surface area (Å²) in [6.45, 7) is 0.574. The summed E-state index contributed by atoms with van der Waals surface area (Å²) in [6, 6.07) is 22.8.